The van der Waals surface area contributed by atoms with E-state index in [1.165, 1.54) is 44.2 Å². The lowest BCUT2D eigenvalue weighted by molar-refractivity contribution is 0.0165. The molecule has 0 saturated heterocycles. The Balaban J connectivity index is 1.66. The molecule has 0 heterocycles. The van der Waals surface area contributed by atoms with Gasteiger partial charge in [-0.2, -0.15) is 5.48 Å². The monoisotopic (exact) mass is 384 g/mol. The van der Waals surface area contributed by atoms with Crippen LogP contribution in [0.4, 0.5) is 0 Å². The first-order chi connectivity index (χ1) is 13.7. The minimum Gasteiger partial charge on any atom is -0.508 e. The highest BCUT2D eigenvalue weighted by molar-refractivity contribution is 5.62. The number of hydroxylamine groups is 1. The number of phenolic OH excluding ortho intramolecular Hbond substituents is 1. The van der Waals surface area contributed by atoms with Crippen LogP contribution in [0, 0.1) is 0 Å². The second kappa shape index (κ2) is 12.9. The van der Waals surface area contributed by atoms with Crippen molar-refractivity contribution < 1.29 is 19.5 Å². The Morgan fingerprint density at radius 3 is 2.32 bits per heavy atom. The molecule has 0 aliphatic carbocycles. The predicted octanol–water partition coefficient (Wildman–Crippen LogP) is 5.00. The van der Waals surface area contributed by atoms with Crippen LogP contribution in [0.2, 0.25) is 0 Å². The van der Waals surface area contributed by atoms with Crippen molar-refractivity contribution >= 4 is 6.29 Å². The zero-order valence-electron chi connectivity index (χ0n) is 16.5. The number of aromatic hydroxyl groups is 1. The minimum absolute atomic E-state index is 0.146. The average molecular weight is 384 g/mol. The lowest BCUT2D eigenvalue weighted by atomic mass is 10.1. The van der Waals surface area contributed by atoms with Crippen molar-refractivity contribution in [2.24, 2.45) is 0 Å². The van der Waals surface area contributed by atoms with Crippen molar-refractivity contribution in [3.63, 3.8) is 0 Å². The molecule has 0 aromatic heterocycles. The number of carbonyl (C=O) groups excluding carboxylic acids is 1. The van der Waals surface area contributed by atoms with Crippen LogP contribution in [0.25, 0.3) is 0 Å². The molecular weight excluding hydrogens is 354 g/mol. The molecule has 5 nitrogen and oxygen atoms in total. The van der Waals surface area contributed by atoms with Crippen molar-refractivity contribution in [3.05, 3.63) is 59.7 Å². The van der Waals surface area contributed by atoms with Crippen LogP contribution >= 0.6 is 0 Å². The fourth-order valence-electron chi connectivity index (χ4n) is 2.79. The van der Waals surface area contributed by atoms with Gasteiger partial charge in [-0.05, 0) is 41.8 Å². The van der Waals surface area contributed by atoms with E-state index in [4.69, 9.17) is 9.57 Å². The summed E-state index contributed by atoms with van der Waals surface area (Å²) in [4.78, 5) is 16.6. The van der Waals surface area contributed by atoms with E-state index < -0.39 is 6.04 Å². The van der Waals surface area contributed by atoms with Crippen molar-refractivity contribution in [3.8, 4) is 11.5 Å². The van der Waals surface area contributed by atoms with Gasteiger partial charge >= 0.3 is 0 Å². The van der Waals surface area contributed by atoms with Gasteiger partial charge in [0.1, 0.15) is 17.5 Å². The zero-order valence-corrected chi connectivity index (χ0v) is 16.5. The second-order valence-electron chi connectivity index (χ2n) is 6.81. The molecule has 28 heavy (non-hydrogen) atoms. The zero-order chi connectivity index (χ0) is 20.0. The highest BCUT2D eigenvalue weighted by Crippen LogP contribution is 2.17. The first-order valence-electron chi connectivity index (χ1n) is 9.98. The van der Waals surface area contributed by atoms with Crippen molar-refractivity contribution in [2.75, 3.05) is 6.61 Å². The summed E-state index contributed by atoms with van der Waals surface area (Å²) >= 11 is 0. The molecule has 2 aromatic carbocycles. The molecule has 0 bridgehead atoms. The summed E-state index contributed by atoms with van der Waals surface area (Å²) in [6, 6.07) is 13.4. The molecule has 0 spiro atoms. The molecule has 2 aromatic rings. The van der Waals surface area contributed by atoms with Gasteiger partial charge in [0.25, 0.3) is 0 Å². The van der Waals surface area contributed by atoms with E-state index in [0.29, 0.717) is 12.2 Å². The largest absolute Gasteiger partial charge is 0.508 e. The molecule has 151 valence electrons. The molecule has 0 saturated carbocycles. The summed E-state index contributed by atoms with van der Waals surface area (Å²) in [5.74, 6) is 1.00. The summed E-state index contributed by atoms with van der Waals surface area (Å²) in [6.45, 7) is 3.28. The number of benzene rings is 2. The highest BCUT2D eigenvalue weighted by atomic mass is 16.6. The van der Waals surface area contributed by atoms with Gasteiger partial charge < -0.3 is 9.84 Å². The van der Waals surface area contributed by atoms with E-state index in [1.807, 2.05) is 30.6 Å². The standard InChI is InChI=1S/C23H30NO4/c1-2-3-4-5-6-7-16-27-22-14-8-19(9-15-22)18-28-24-23(17-25)20-10-12-21(26)13-11-20/h8-15,23-24,26H,2-7,16,18H2,1H3. The van der Waals surface area contributed by atoms with Gasteiger partial charge in [-0.3, -0.25) is 9.63 Å². The van der Waals surface area contributed by atoms with E-state index >= 15 is 0 Å². The van der Waals surface area contributed by atoms with Gasteiger partial charge in [-0.1, -0.05) is 63.3 Å². The van der Waals surface area contributed by atoms with Gasteiger partial charge in [-0.15, -0.1) is 0 Å². The Kier molecular flexibility index (Phi) is 10.1. The van der Waals surface area contributed by atoms with Crippen LogP contribution < -0.4 is 10.2 Å². The molecule has 1 radical (unpaired) electrons. The summed E-state index contributed by atoms with van der Waals surface area (Å²) < 4.78 is 5.77. The third-order valence-electron chi connectivity index (χ3n) is 4.47. The van der Waals surface area contributed by atoms with Crippen LogP contribution in [0.3, 0.4) is 0 Å². The first kappa shape index (κ1) is 21.9. The SMILES string of the molecule is CCCCCCCCOc1ccc(CONC([C]=O)c2ccc(O)cc2)cc1. The molecule has 2 rings (SSSR count). The number of nitrogens with one attached hydrogen (secondary N) is 1. The third-order valence-corrected chi connectivity index (χ3v) is 4.47. The van der Waals surface area contributed by atoms with Crippen LogP contribution in [0.5, 0.6) is 11.5 Å². The molecule has 1 atom stereocenters. The Bertz CT molecular complexity index is 670. The lowest BCUT2D eigenvalue weighted by Crippen LogP contribution is -2.22. The number of phenols is 1. The summed E-state index contributed by atoms with van der Waals surface area (Å²) in [5, 5.41) is 9.31. The minimum atomic E-state index is -0.708. The van der Waals surface area contributed by atoms with E-state index in [2.05, 4.69) is 12.4 Å². The number of rotatable bonds is 14. The Labute approximate surface area is 167 Å². The summed E-state index contributed by atoms with van der Waals surface area (Å²) in [5.41, 5.74) is 4.33. The Morgan fingerprint density at radius 2 is 1.64 bits per heavy atom. The normalized spacial score (nSPS) is 11.9. The van der Waals surface area contributed by atoms with E-state index in [1.54, 1.807) is 12.1 Å². The highest BCUT2D eigenvalue weighted by Gasteiger charge is 2.11. The molecule has 1 unspecified atom stereocenters. The van der Waals surface area contributed by atoms with Gasteiger partial charge in [0.05, 0.1) is 13.2 Å². The smallest absolute Gasteiger partial charge is 0.224 e. The van der Waals surface area contributed by atoms with E-state index in [9.17, 15) is 9.90 Å². The third kappa shape index (κ3) is 8.11. The maximum atomic E-state index is 11.1. The number of hydrogen-bond acceptors (Lipinski definition) is 5. The molecular formula is C23H30NO4. The maximum Gasteiger partial charge on any atom is 0.224 e. The van der Waals surface area contributed by atoms with Crippen LogP contribution in [-0.4, -0.2) is 18.0 Å². The van der Waals surface area contributed by atoms with Crippen LogP contribution in [-0.2, 0) is 16.2 Å². The van der Waals surface area contributed by atoms with Crippen molar-refractivity contribution in [1.82, 2.24) is 5.48 Å². The van der Waals surface area contributed by atoms with Gasteiger partial charge in [0, 0.05) is 0 Å². The van der Waals surface area contributed by atoms with Crippen LogP contribution in [0.1, 0.15) is 62.6 Å². The van der Waals surface area contributed by atoms with E-state index in [0.717, 1.165) is 24.3 Å². The average Bonchev–Trinajstić information content (AvgIpc) is 2.72. The van der Waals surface area contributed by atoms with Gasteiger partial charge in [0.15, 0.2) is 0 Å². The molecule has 2 N–H and O–H groups in total. The Morgan fingerprint density at radius 1 is 0.964 bits per heavy atom. The quantitative estimate of drug-likeness (QED) is 0.354. The number of ether oxygens (including phenoxy) is 1. The number of unbranched alkanes of at least 4 members (excludes halogenated alkanes) is 5. The summed E-state index contributed by atoms with van der Waals surface area (Å²) in [6.07, 6.45) is 9.37. The second-order valence-corrected chi connectivity index (χ2v) is 6.81. The van der Waals surface area contributed by atoms with Crippen molar-refractivity contribution in [2.45, 2.75) is 58.1 Å². The predicted molar refractivity (Wildman–Crippen MR) is 110 cm³/mol. The van der Waals surface area contributed by atoms with E-state index in [-0.39, 0.29) is 5.75 Å². The molecule has 0 aliphatic heterocycles. The fraction of sp³-hybridized carbons (Fsp3) is 0.435. The topological polar surface area (TPSA) is 67.8 Å². The Hall–Kier alpha value is -2.37. The number of hydrogen-bond donors (Lipinski definition) is 2. The molecule has 0 amide bonds. The summed E-state index contributed by atoms with van der Waals surface area (Å²) in [7, 11) is 0. The van der Waals surface area contributed by atoms with Crippen LogP contribution in [0.15, 0.2) is 48.5 Å². The molecule has 5 heteroatoms. The molecule has 0 fully saturated rings. The maximum absolute atomic E-state index is 11.1. The first-order valence-corrected chi connectivity index (χ1v) is 9.98. The van der Waals surface area contributed by atoms with Gasteiger partial charge in [-0.25, -0.2) is 0 Å². The van der Waals surface area contributed by atoms with Crippen molar-refractivity contribution in [1.29, 1.82) is 0 Å². The lowest BCUT2D eigenvalue weighted by Gasteiger charge is -2.13. The fourth-order valence-corrected chi connectivity index (χ4v) is 2.79. The van der Waals surface area contributed by atoms with Gasteiger partial charge in [0.2, 0.25) is 6.29 Å². The molecule has 0 aliphatic rings.